The van der Waals surface area contributed by atoms with Crippen molar-refractivity contribution in [2.75, 3.05) is 25.5 Å². The lowest BCUT2D eigenvalue weighted by Crippen LogP contribution is -2.36. The first kappa shape index (κ1) is 22.0. The minimum atomic E-state index is -4.35. The summed E-state index contributed by atoms with van der Waals surface area (Å²) in [4.78, 5) is 14.8. The number of carbonyl (C=O) groups is 1. The van der Waals surface area contributed by atoms with Gasteiger partial charge < -0.3 is 10.1 Å². The third-order valence-corrected chi connectivity index (χ3v) is 6.79. The molecule has 1 atom stereocenters. The van der Waals surface area contributed by atoms with E-state index in [4.69, 9.17) is 16.3 Å². The molecule has 1 spiro atoms. The molecule has 1 aliphatic heterocycles. The highest BCUT2D eigenvalue weighted by molar-refractivity contribution is 6.32. The SMILES string of the molecule is COc1ccc(NC(=O)[C@H]2CC23CCN(Cc2ccccc2C(F)(F)F)CC3)cc1Cl. The normalized spacial score (nSPS) is 20.5. The summed E-state index contributed by atoms with van der Waals surface area (Å²) in [5.74, 6) is 0.442. The molecule has 1 saturated carbocycles. The number of halogens is 4. The topological polar surface area (TPSA) is 41.6 Å². The highest BCUT2D eigenvalue weighted by Gasteiger charge is 2.58. The predicted molar refractivity (Wildman–Crippen MR) is 113 cm³/mol. The fourth-order valence-electron chi connectivity index (χ4n) is 4.58. The lowest BCUT2D eigenvalue weighted by Gasteiger charge is -2.33. The van der Waals surface area contributed by atoms with E-state index in [1.807, 2.05) is 4.90 Å². The standard InChI is InChI=1S/C23H24ClF3N2O2/c1-31-20-7-6-16(12-19(20)24)28-21(30)18-13-22(18)8-10-29(11-9-22)14-15-4-2-3-5-17(15)23(25,26)27/h2-7,12,18H,8-11,13-14H2,1H3,(H,28,30)/t18-/m1/s1. The van der Waals surface area contributed by atoms with Crippen LogP contribution in [0.25, 0.3) is 0 Å². The van der Waals surface area contributed by atoms with Gasteiger partial charge in [0.25, 0.3) is 0 Å². The van der Waals surface area contributed by atoms with Gasteiger partial charge in [0.1, 0.15) is 5.75 Å². The maximum atomic E-state index is 13.2. The molecule has 1 saturated heterocycles. The van der Waals surface area contributed by atoms with Gasteiger partial charge in [-0.15, -0.1) is 0 Å². The molecule has 0 unspecified atom stereocenters. The molecule has 0 radical (unpaired) electrons. The molecule has 1 amide bonds. The van der Waals surface area contributed by atoms with Crippen molar-refractivity contribution in [3.8, 4) is 5.75 Å². The molecule has 2 aromatic rings. The molecule has 1 aliphatic carbocycles. The Bertz CT molecular complexity index is 972. The highest BCUT2D eigenvalue weighted by atomic mass is 35.5. The van der Waals surface area contributed by atoms with Gasteiger partial charge in [0.15, 0.2) is 0 Å². The molecule has 8 heteroatoms. The van der Waals surface area contributed by atoms with E-state index in [0.717, 1.165) is 25.3 Å². The Morgan fingerprint density at radius 3 is 2.58 bits per heavy atom. The number of ether oxygens (including phenoxy) is 1. The van der Waals surface area contributed by atoms with Crippen molar-refractivity contribution in [2.45, 2.75) is 32.0 Å². The molecular formula is C23H24ClF3N2O2. The van der Waals surface area contributed by atoms with Gasteiger partial charge in [-0.25, -0.2) is 0 Å². The van der Waals surface area contributed by atoms with Crippen LogP contribution in [0.5, 0.6) is 5.75 Å². The summed E-state index contributed by atoms with van der Waals surface area (Å²) in [6.07, 6.45) is -1.92. The Morgan fingerprint density at radius 2 is 1.94 bits per heavy atom. The van der Waals surface area contributed by atoms with Crippen molar-refractivity contribution < 1.29 is 22.7 Å². The van der Waals surface area contributed by atoms with Crippen molar-refractivity contribution >= 4 is 23.2 Å². The van der Waals surface area contributed by atoms with Crippen LogP contribution >= 0.6 is 11.6 Å². The first-order valence-corrected chi connectivity index (χ1v) is 10.6. The number of likely N-dealkylation sites (tertiary alicyclic amines) is 1. The van der Waals surface area contributed by atoms with Gasteiger partial charge in [0.05, 0.1) is 17.7 Å². The summed E-state index contributed by atoms with van der Waals surface area (Å²) in [6.45, 7) is 1.64. The lowest BCUT2D eigenvalue weighted by molar-refractivity contribution is -0.138. The molecule has 0 aromatic heterocycles. The molecule has 2 aliphatic rings. The van der Waals surface area contributed by atoms with Gasteiger partial charge in [-0.2, -0.15) is 13.2 Å². The maximum Gasteiger partial charge on any atom is 0.416 e. The van der Waals surface area contributed by atoms with Crippen LogP contribution in [-0.4, -0.2) is 31.0 Å². The number of piperidine rings is 1. The van der Waals surface area contributed by atoms with Crippen LogP contribution in [0.3, 0.4) is 0 Å². The molecule has 1 heterocycles. The number of alkyl halides is 3. The number of hydrogen-bond donors (Lipinski definition) is 1. The molecule has 4 nitrogen and oxygen atoms in total. The monoisotopic (exact) mass is 452 g/mol. The molecular weight excluding hydrogens is 429 g/mol. The molecule has 1 N–H and O–H groups in total. The molecule has 2 aromatic carbocycles. The van der Waals surface area contributed by atoms with Gasteiger partial charge >= 0.3 is 6.18 Å². The summed E-state index contributed by atoms with van der Waals surface area (Å²) < 4.78 is 44.9. The second kappa shape index (κ2) is 8.36. The second-order valence-electron chi connectivity index (χ2n) is 8.39. The van der Waals surface area contributed by atoms with E-state index < -0.39 is 11.7 Å². The summed E-state index contributed by atoms with van der Waals surface area (Å²) in [5.41, 5.74) is 0.309. The van der Waals surface area contributed by atoms with E-state index >= 15 is 0 Å². The molecule has 4 rings (SSSR count). The predicted octanol–water partition coefficient (Wildman–Crippen LogP) is 5.61. The quantitative estimate of drug-likeness (QED) is 0.641. The summed E-state index contributed by atoms with van der Waals surface area (Å²) in [7, 11) is 1.53. The summed E-state index contributed by atoms with van der Waals surface area (Å²) in [5, 5.41) is 3.35. The van der Waals surface area contributed by atoms with Gasteiger partial charge in [-0.1, -0.05) is 29.8 Å². The number of nitrogens with one attached hydrogen (secondary N) is 1. The van der Waals surface area contributed by atoms with Crippen LogP contribution < -0.4 is 10.1 Å². The zero-order valence-electron chi connectivity index (χ0n) is 17.1. The van der Waals surface area contributed by atoms with Crippen molar-refractivity contribution in [1.82, 2.24) is 4.90 Å². The number of rotatable bonds is 5. The fraction of sp³-hybridized carbons (Fsp3) is 0.435. The number of amides is 1. The van der Waals surface area contributed by atoms with Crippen LogP contribution in [0, 0.1) is 11.3 Å². The molecule has 0 bridgehead atoms. The zero-order chi connectivity index (χ0) is 22.2. The maximum absolute atomic E-state index is 13.2. The van der Waals surface area contributed by atoms with Crippen LogP contribution in [0.2, 0.25) is 5.02 Å². The zero-order valence-corrected chi connectivity index (χ0v) is 17.9. The number of benzene rings is 2. The molecule has 166 valence electrons. The Hall–Kier alpha value is -2.25. The Kier molecular flexibility index (Phi) is 5.92. The van der Waals surface area contributed by atoms with Crippen molar-refractivity contribution in [3.63, 3.8) is 0 Å². The Balaban J connectivity index is 1.33. The van der Waals surface area contributed by atoms with Gasteiger partial charge in [-0.05, 0) is 67.6 Å². The lowest BCUT2D eigenvalue weighted by atomic mass is 9.90. The Labute approximate surface area is 184 Å². The van der Waals surface area contributed by atoms with Crippen molar-refractivity contribution in [3.05, 3.63) is 58.6 Å². The van der Waals surface area contributed by atoms with Crippen LogP contribution in [-0.2, 0) is 17.5 Å². The van der Waals surface area contributed by atoms with Crippen LogP contribution in [0.1, 0.15) is 30.4 Å². The fourth-order valence-corrected chi connectivity index (χ4v) is 4.83. The first-order valence-electron chi connectivity index (χ1n) is 10.2. The third kappa shape index (κ3) is 4.67. The van der Waals surface area contributed by atoms with Gasteiger partial charge in [-0.3, -0.25) is 9.69 Å². The number of hydrogen-bond acceptors (Lipinski definition) is 3. The van der Waals surface area contributed by atoms with Gasteiger partial charge in [0, 0.05) is 18.2 Å². The van der Waals surface area contributed by atoms with E-state index in [0.29, 0.717) is 35.1 Å². The smallest absolute Gasteiger partial charge is 0.416 e. The average Bonchev–Trinajstić information content (AvgIpc) is 3.43. The van der Waals surface area contributed by atoms with Crippen LogP contribution in [0.15, 0.2) is 42.5 Å². The average molecular weight is 453 g/mol. The highest BCUT2D eigenvalue weighted by Crippen LogP contribution is 2.59. The van der Waals surface area contributed by atoms with Crippen molar-refractivity contribution in [2.24, 2.45) is 11.3 Å². The largest absolute Gasteiger partial charge is 0.495 e. The van der Waals surface area contributed by atoms with E-state index in [2.05, 4.69) is 5.32 Å². The number of carbonyl (C=O) groups excluding carboxylic acids is 1. The second-order valence-corrected chi connectivity index (χ2v) is 8.80. The van der Waals surface area contributed by atoms with E-state index in [1.165, 1.54) is 13.2 Å². The summed E-state index contributed by atoms with van der Waals surface area (Å²) in [6, 6.07) is 10.8. The summed E-state index contributed by atoms with van der Waals surface area (Å²) >= 11 is 6.12. The Morgan fingerprint density at radius 1 is 1.23 bits per heavy atom. The molecule has 31 heavy (non-hydrogen) atoms. The van der Waals surface area contributed by atoms with Crippen LogP contribution in [0.4, 0.5) is 18.9 Å². The van der Waals surface area contributed by atoms with E-state index in [1.54, 1.807) is 30.3 Å². The first-order chi connectivity index (χ1) is 14.7. The minimum absolute atomic E-state index is 0.0305. The number of methoxy groups -OCH3 is 1. The van der Waals surface area contributed by atoms with E-state index in [9.17, 15) is 18.0 Å². The van der Waals surface area contributed by atoms with Gasteiger partial charge in [0.2, 0.25) is 5.91 Å². The third-order valence-electron chi connectivity index (χ3n) is 6.49. The minimum Gasteiger partial charge on any atom is -0.495 e. The van der Waals surface area contributed by atoms with Crippen molar-refractivity contribution in [1.29, 1.82) is 0 Å². The number of anilines is 1. The molecule has 2 fully saturated rings. The van der Waals surface area contributed by atoms with E-state index in [-0.39, 0.29) is 23.8 Å². The number of nitrogens with zero attached hydrogens (tertiary/aromatic N) is 1.